The number of amides is 2. The maximum absolute atomic E-state index is 12.4. The second-order valence-corrected chi connectivity index (χ2v) is 5.10. The minimum Gasteiger partial charge on any atom is -0.480 e. The number of carboxylic acids is 1. The molecule has 0 radical (unpaired) electrons. The summed E-state index contributed by atoms with van der Waals surface area (Å²) in [5.74, 6) is -1.06. The van der Waals surface area contributed by atoms with Gasteiger partial charge in [-0.2, -0.15) is 0 Å². The Bertz CT molecular complexity index is 358. The molecule has 2 aliphatic rings. The standard InChI is InChI=1S/C12H20N2O5/c1-19-5-4-13(8-2-3-8)12(18)14-7-9(15)6-10(14)11(16)17/h8-10,15H,2-7H2,1H3,(H,16,17)/t9-,10+/m1/s1. The number of hydrogen-bond acceptors (Lipinski definition) is 4. The molecule has 7 heteroatoms. The van der Waals surface area contributed by atoms with Gasteiger partial charge in [-0.3, -0.25) is 0 Å². The Hall–Kier alpha value is -1.34. The van der Waals surface area contributed by atoms with E-state index in [2.05, 4.69) is 0 Å². The number of carbonyl (C=O) groups is 2. The maximum Gasteiger partial charge on any atom is 0.326 e. The minimum atomic E-state index is -1.06. The Balaban J connectivity index is 2.05. The fraction of sp³-hybridized carbons (Fsp3) is 0.833. The van der Waals surface area contributed by atoms with Gasteiger partial charge in [0.1, 0.15) is 6.04 Å². The molecule has 1 saturated carbocycles. The molecule has 2 N–H and O–H groups in total. The lowest BCUT2D eigenvalue weighted by molar-refractivity contribution is -0.141. The van der Waals surface area contributed by atoms with E-state index in [-0.39, 0.29) is 25.0 Å². The Labute approximate surface area is 111 Å². The Morgan fingerprint density at radius 3 is 2.63 bits per heavy atom. The number of nitrogens with zero attached hydrogens (tertiary/aromatic N) is 2. The molecule has 2 rings (SSSR count). The van der Waals surface area contributed by atoms with Crippen molar-refractivity contribution in [1.29, 1.82) is 0 Å². The van der Waals surface area contributed by atoms with Crippen LogP contribution in [0.15, 0.2) is 0 Å². The maximum atomic E-state index is 12.4. The number of β-amino-alcohol motifs (C(OH)–C–C–N with tert-alkyl or cyclic N) is 1. The first-order chi connectivity index (χ1) is 9.04. The zero-order valence-electron chi connectivity index (χ0n) is 11.0. The molecule has 0 unspecified atom stereocenters. The second kappa shape index (κ2) is 5.75. The van der Waals surface area contributed by atoms with Gasteiger partial charge in [0.05, 0.1) is 12.7 Å². The summed E-state index contributed by atoms with van der Waals surface area (Å²) in [6.45, 7) is 0.974. The third-order valence-electron chi connectivity index (χ3n) is 3.58. The molecule has 2 atom stereocenters. The smallest absolute Gasteiger partial charge is 0.326 e. The van der Waals surface area contributed by atoms with Crippen molar-refractivity contribution < 1.29 is 24.5 Å². The van der Waals surface area contributed by atoms with E-state index in [1.54, 1.807) is 12.0 Å². The van der Waals surface area contributed by atoms with Gasteiger partial charge >= 0.3 is 12.0 Å². The summed E-state index contributed by atoms with van der Waals surface area (Å²) in [6.07, 6.45) is 1.24. The molecule has 0 aromatic heterocycles. The molecule has 7 nitrogen and oxygen atoms in total. The van der Waals surface area contributed by atoms with Gasteiger partial charge in [0.2, 0.25) is 0 Å². The molecule has 0 aromatic rings. The van der Waals surface area contributed by atoms with Crippen LogP contribution in [0.1, 0.15) is 19.3 Å². The number of carboxylic acid groups (broad SMARTS) is 1. The third-order valence-corrected chi connectivity index (χ3v) is 3.58. The van der Waals surface area contributed by atoms with Crippen molar-refractivity contribution in [2.24, 2.45) is 0 Å². The number of ether oxygens (including phenoxy) is 1. The van der Waals surface area contributed by atoms with Crippen LogP contribution in [-0.4, -0.2) is 77.0 Å². The number of aliphatic hydroxyl groups is 1. The van der Waals surface area contributed by atoms with Gasteiger partial charge in [-0.15, -0.1) is 0 Å². The number of rotatable bonds is 5. The van der Waals surface area contributed by atoms with Crippen LogP contribution >= 0.6 is 0 Å². The van der Waals surface area contributed by atoms with Gasteiger partial charge in [-0.25, -0.2) is 9.59 Å². The average Bonchev–Trinajstić information content (AvgIpc) is 3.11. The van der Waals surface area contributed by atoms with E-state index in [0.29, 0.717) is 13.2 Å². The number of hydrogen-bond donors (Lipinski definition) is 2. The normalized spacial score (nSPS) is 26.5. The van der Waals surface area contributed by atoms with Gasteiger partial charge < -0.3 is 24.7 Å². The minimum absolute atomic E-state index is 0.0893. The van der Waals surface area contributed by atoms with Crippen LogP contribution in [0.4, 0.5) is 4.79 Å². The summed E-state index contributed by atoms with van der Waals surface area (Å²) in [7, 11) is 1.56. The Morgan fingerprint density at radius 1 is 1.42 bits per heavy atom. The van der Waals surface area contributed by atoms with Crippen molar-refractivity contribution in [3.8, 4) is 0 Å². The average molecular weight is 272 g/mol. The van der Waals surface area contributed by atoms with Crippen molar-refractivity contribution in [1.82, 2.24) is 9.80 Å². The topological polar surface area (TPSA) is 90.3 Å². The summed E-state index contributed by atoms with van der Waals surface area (Å²) in [5.41, 5.74) is 0. The van der Waals surface area contributed by atoms with E-state index in [9.17, 15) is 14.7 Å². The molecule has 0 bridgehead atoms. The molecular weight excluding hydrogens is 252 g/mol. The lowest BCUT2D eigenvalue weighted by Crippen LogP contribution is -2.49. The van der Waals surface area contributed by atoms with Crippen LogP contribution in [0.25, 0.3) is 0 Å². The summed E-state index contributed by atoms with van der Waals surface area (Å²) in [4.78, 5) is 26.5. The first-order valence-electron chi connectivity index (χ1n) is 6.51. The van der Waals surface area contributed by atoms with Gasteiger partial charge in [-0.1, -0.05) is 0 Å². The number of urea groups is 1. The highest BCUT2D eigenvalue weighted by Gasteiger charge is 2.43. The fourth-order valence-corrected chi connectivity index (χ4v) is 2.43. The molecule has 108 valence electrons. The third kappa shape index (κ3) is 3.16. The van der Waals surface area contributed by atoms with Crippen LogP contribution in [0.3, 0.4) is 0 Å². The second-order valence-electron chi connectivity index (χ2n) is 5.10. The van der Waals surface area contributed by atoms with E-state index >= 15 is 0 Å². The van der Waals surface area contributed by atoms with Crippen LogP contribution in [-0.2, 0) is 9.53 Å². The number of methoxy groups -OCH3 is 1. The number of likely N-dealkylation sites (tertiary alicyclic amines) is 1. The summed E-state index contributed by atoms with van der Waals surface area (Å²) < 4.78 is 4.98. The summed E-state index contributed by atoms with van der Waals surface area (Å²) >= 11 is 0. The van der Waals surface area contributed by atoms with Crippen molar-refractivity contribution in [2.75, 3.05) is 26.8 Å². The van der Waals surface area contributed by atoms with Crippen molar-refractivity contribution >= 4 is 12.0 Å². The molecule has 0 aromatic carbocycles. The number of aliphatic carboxylic acids is 1. The van der Waals surface area contributed by atoms with Crippen molar-refractivity contribution in [2.45, 2.75) is 37.5 Å². The largest absolute Gasteiger partial charge is 0.480 e. The zero-order valence-corrected chi connectivity index (χ0v) is 11.0. The molecule has 2 fully saturated rings. The quantitative estimate of drug-likeness (QED) is 0.719. The predicted molar refractivity (Wildman–Crippen MR) is 65.8 cm³/mol. The van der Waals surface area contributed by atoms with Gasteiger partial charge in [0.25, 0.3) is 0 Å². The van der Waals surface area contributed by atoms with E-state index in [0.717, 1.165) is 12.8 Å². The predicted octanol–water partition coefficient (Wildman–Crippen LogP) is -0.263. The molecule has 1 aliphatic carbocycles. The molecule has 1 heterocycles. The zero-order chi connectivity index (χ0) is 14.0. The highest BCUT2D eigenvalue weighted by atomic mass is 16.5. The number of carbonyl (C=O) groups excluding carboxylic acids is 1. The van der Waals surface area contributed by atoms with Gasteiger partial charge in [-0.05, 0) is 12.8 Å². The highest BCUT2D eigenvalue weighted by Crippen LogP contribution is 2.29. The van der Waals surface area contributed by atoms with Gasteiger partial charge in [0, 0.05) is 32.7 Å². The Kier molecular flexibility index (Phi) is 4.26. The van der Waals surface area contributed by atoms with Crippen LogP contribution in [0.2, 0.25) is 0 Å². The SMILES string of the molecule is COCCN(C(=O)N1C[C@H](O)C[C@H]1C(=O)O)C1CC1. The van der Waals surface area contributed by atoms with E-state index in [1.165, 1.54) is 4.90 Å². The van der Waals surface area contributed by atoms with Crippen LogP contribution in [0, 0.1) is 0 Å². The van der Waals surface area contributed by atoms with Crippen LogP contribution < -0.4 is 0 Å². The molecule has 0 spiro atoms. The monoisotopic (exact) mass is 272 g/mol. The molecular formula is C12H20N2O5. The molecule has 1 aliphatic heterocycles. The molecule has 2 amide bonds. The Morgan fingerprint density at radius 2 is 2.11 bits per heavy atom. The molecule has 19 heavy (non-hydrogen) atoms. The fourth-order valence-electron chi connectivity index (χ4n) is 2.43. The van der Waals surface area contributed by atoms with Crippen LogP contribution in [0.5, 0.6) is 0 Å². The first kappa shape index (κ1) is 14.1. The number of aliphatic hydroxyl groups excluding tert-OH is 1. The lowest BCUT2D eigenvalue weighted by atomic mass is 10.2. The van der Waals surface area contributed by atoms with Gasteiger partial charge in [0.15, 0.2) is 0 Å². The van der Waals surface area contributed by atoms with Crippen molar-refractivity contribution in [3.05, 3.63) is 0 Å². The van der Waals surface area contributed by atoms with E-state index < -0.39 is 18.1 Å². The molecule has 1 saturated heterocycles. The van der Waals surface area contributed by atoms with E-state index in [4.69, 9.17) is 9.84 Å². The van der Waals surface area contributed by atoms with E-state index in [1.807, 2.05) is 0 Å². The highest BCUT2D eigenvalue weighted by molar-refractivity contribution is 5.83. The summed E-state index contributed by atoms with van der Waals surface area (Å²) in [5, 5.41) is 18.7. The first-order valence-corrected chi connectivity index (χ1v) is 6.51. The lowest BCUT2D eigenvalue weighted by Gasteiger charge is -2.30. The van der Waals surface area contributed by atoms with Crippen molar-refractivity contribution in [3.63, 3.8) is 0 Å². The summed E-state index contributed by atoms with van der Waals surface area (Å²) in [6, 6.07) is -1.04.